The Balaban J connectivity index is 3.21. The molecule has 1 aromatic carbocycles. The molecule has 0 saturated carbocycles. The zero-order chi connectivity index (χ0) is 11.6. The molecule has 0 atom stereocenters. The highest BCUT2D eigenvalue weighted by Crippen LogP contribution is 2.23. The number of hydrogen-bond acceptors (Lipinski definition) is 1. The topological polar surface area (TPSA) is 38.4 Å². The highest BCUT2D eigenvalue weighted by atomic mass is 19.1. The third-order valence-corrected chi connectivity index (χ3v) is 1.81. The Hall–Kier alpha value is -1.52. The van der Waals surface area contributed by atoms with Crippen LogP contribution in [0.3, 0.4) is 0 Å². The Labute approximate surface area is 85.6 Å². The van der Waals surface area contributed by atoms with E-state index >= 15 is 0 Å². The van der Waals surface area contributed by atoms with Gasteiger partial charge in [-0.25, -0.2) is 18.2 Å². The predicted molar refractivity (Wildman–Crippen MR) is 52.4 cm³/mol. The molecule has 82 valence electrons. The lowest BCUT2D eigenvalue weighted by atomic mass is 10.2. The van der Waals surface area contributed by atoms with E-state index in [1.165, 1.54) is 0 Å². The second-order valence-corrected chi connectivity index (χ2v) is 3.41. The summed E-state index contributed by atoms with van der Waals surface area (Å²) in [6.45, 7) is 3.47. The third kappa shape index (κ3) is 2.71. The molecular weight excluding hydrogens is 205 g/mol. The van der Waals surface area contributed by atoms with Crippen LogP contribution in [0.2, 0.25) is 0 Å². The van der Waals surface area contributed by atoms with Crippen LogP contribution in [0.15, 0.2) is 17.1 Å². The fourth-order valence-electron chi connectivity index (χ4n) is 0.900. The average Bonchev–Trinajstić information content (AvgIpc) is 2.10. The van der Waals surface area contributed by atoms with E-state index in [-0.39, 0.29) is 11.8 Å². The molecule has 0 bridgehead atoms. The number of amidine groups is 1. The summed E-state index contributed by atoms with van der Waals surface area (Å²) in [4.78, 5) is 3.58. The third-order valence-electron chi connectivity index (χ3n) is 1.81. The quantitative estimate of drug-likeness (QED) is 0.599. The van der Waals surface area contributed by atoms with Gasteiger partial charge in [0.2, 0.25) is 0 Å². The summed E-state index contributed by atoms with van der Waals surface area (Å²) in [7, 11) is 0. The van der Waals surface area contributed by atoms with Gasteiger partial charge in [-0.2, -0.15) is 0 Å². The minimum absolute atomic E-state index is 0.0967. The highest BCUT2D eigenvalue weighted by molar-refractivity contribution is 5.84. The van der Waals surface area contributed by atoms with Crippen LogP contribution in [-0.4, -0.2) is 5.84 Å². The van der Waals surface area contributed by atoms with Crippen molar-refractivity contribution in [2.45, 2.75) is 13.8 Å². The molecule has 0 heterocycles. The second kappa shape index (κ2) is 4.33. The normalized spacial score (nSPS) is 12.3. The number of aliphatic imine (C=N–C) groups is 1. The monoisotopic (exact) mass is 216 g/mol. The minimum Gasteiger partial charge on any atom is -0.387 e. The summed E-state index contributed by atoms with van der Waals surface area (Å²) < 4.78 is 38.7. The van der Waals surface area contributed by atoms with Gasteiger partial charge in [0.25, 0.3) is 0 Å². The van der Waals surface area contributed by atoms with Gasteiger partial charge in [-0.3, -0.25) is 0 Å². The Morgan fingerprint density at radius 1 is 1.20 bits per heavy atom. The highest BCUT2D eigenvalue weighted by Gasteiger charge is 2.11. The molecule has 2 N–H and O–H groups in total. The van der Waals surface area contributed by atoms with E-state index in [0.29, 0.717) is 12.1 Å². The average molecular weight is 216 g/mol. The molecule has 1 aromatic rings. The summed E-state index contributed by atoms with van der Waals surface area (Å²) in [6.07, 6.45) is 0. The molecule has 0 radical (unpaired) electrons. The Morgan fingerprint density at radius 2 is 1.67 bits per heavy atom. The summed E-state index contributed by atoms with van der Waals surface area (Å²) >= 11 is 0. The van der Waals surface area contributed by atoms with Crippen LogP contribution in [0.5, 0.6) is 0 Å². The number of nitrogens with two attached hydrogens (primary N) is 1. The van der Waals surface area contributed by atoms with Crippen molar-refractivity contribution < 1.29 is 13.2 Å². The Morgan fingerprint density at radius 3 is 2.07 bits per heavy atom. The zero-order valence-electron chi connectivity index (χ0n) is 8.39. The molecule has 1 rings (SSSR count). The molecule has 0 spiro atoms. The van der Waals surface area contributed by atoms with E-state index in [2.05, 4.69) is 4.99 Å². The molecule has 0 unspecified atom stereocenters. The van der Waals surface area contributed by atoms with E-state index in [4.69, 9.17) is 5.73 Å². The van der Waals surface area contributed by atoms with Crippen LogP contribution in [0, 0.1) is 23.4 Å². The molecule has 15 heavy (non-hydrogen) atoms. The van der Waals surface area contributed by atoms with Crippen LogP contribution in [0.1, 0.15) is 13.8 Å². The van der Waals surface area contributed by atoms with Crippen molar-refractivity contribution in [1.82, 2.24) is 0 Å². The first-order valence-electron chi connectivity index (χ1n) is 4.40. The van der Waals surface area contributed by atoms with Crippen molar-refractivity contribution in [3.63, 3.8) is 0 Å². The molecule has 0 amide bonds. The number of halogens is 3. The van der Waals surface area contributed by atoms with Crippen molar-refractivity contribution in [1.29, 1.82) is 0 Å². The van der Waals surface area contributed by atoms with E-state index in [1.807, 2.05) is 0 Å². The van der Waals surface area contributed by atoms with Crippen molar-refractivity contribution >= 4 is 11.5 Å². The minimum atomic E-state index is -1.06. The van der Waals surface area contributed by atoms with E-state index in [9.17, 15) is 13.2 Å². The molecule has 2 nitrogen and oxygen atoms in total. The SMILES string of the molecule is CC(C)C(N)=Nc1c(F)cc(F)cc1F. The standard InChI is InChI=1S/C10H11F3N2/c1-5(2)10(14)15-9-7(12)3-6(11)4-8(9)13/h3-5H,1-2H3,(H2,14,15). The Kier molecular flexibility index (Phi) is 3.34. The number of hydrogen-bond donors (Lipinski definition) is 1. The van der Waals surface area contributed by atoms with E-state index in [0.717, 1.165) is 0 Å². The van der Waals surface area contributed by atoms with Crippen molar-refractivity contribution in [3.8, 4) is 0 Å². The van der Waals surface area contributed by atoms with Crippen LogP contribution in [0.25, 0.3) is 0 Å². The molecule has 0 saturated heterocycles. The van der Waals surface area contributed by atoms with E-state index in [1.54, 1.807) is 13.8 Å². The number of nitrogens with zero attached hydrogens (tertiary/aromatic N) is 1. The maximum atomic E-state index is 13.1. The number of rotatable bonds is 2. The molecule has 0 aliphatic rings. The van der Waals surface area contributed by atoms with Gasteiger partial charge in [0.15, 0.2) is 11.6 Å². The lowest BCUT2D eigenvalue weighted by Gasteiger charge is -2.05. The van der Waals surface area contributed by atoms with Gasteiger partial charge >= 0.3 is 0 Å². The molecule has 0 aromatic heterocycles. The Bertz CT molecular complexity index is 377. The first kappa shape index (κ1) is 11.6. The maximum Gasteiger partial charge on any atom is 0.154 e. The van der Waals surface area contributed by atoms with Gasteiger partial charge in [0, 0.05) is 18.1 Å². The van der Waals surface area contributed by atoms with Crippen LogP contribution in [0.4, 0.5) is 18.9 Å². The van der Waals surface area contributed by atoms with E-state index < -0.39 is 23.1 Å². The molecule has 0 aliphatic heterocycles. The molecule has 5 heteroatoms. The van der Waals surface area contributed by atoms with Gasteiger partial charge in [0.05, 0.1) is 0 Å². The largest absolute Gasteiger partial charge is 0.387 e. The number of benzene rings is 1. The van der Waals surface area contributed by atoms with Crippen molar-refractivity contribution in [2.75, 3.05) is 0 Å². The lowest BCUT2D eigenvalue weighted by Crippen LogP contribution is -2.18. The fourth-order valence-corrected chi connectivity index (χ4v) is 0.900. The van der Waals surface area contributed by atoms with Crippen LogP contribution >= 0.6 is 0 Å². The van der Waals surface area contributed by atoms with Gasteiger partial charge in [-0.15, -0.1) is 0 Å². The summed E-state index contributed by atoms with van der Waals surface area (Å²) in [5, 5.41) is 0. The smallest absolute Gasteiger partial charge is 0.154 e. The zero-order valence-corrected chi connectivity index (χ0v) is 8.39. The first-order valence-corrected chi connectivity index (χ1v) is 4.40. The summed E-state index contributed by atoms with van der Waals surface area (Å²) in [5.74, 6) is -3.13. The predicted octanol–water partition coefficient (Wildman–Crippen LogP) is 2.75. The van der Waals surface area contributed by atoms with Crippen LogP contribution < -0.4 is 5.73 Å². The van der Waals surface area contributed by atoms with Crippen LogP contribution in [-0.2, 0) is 0 Å². The van der Waals surface area contributed by atoms with Crippen molar-refractivity contribution in [3.05, 3.63) is 29.6 Å². The summed E-state index contributed by atoms with van der Waals surface area (Å²) in [6, 6.07) is 1.13. The van der Waals surface area contributed by atoms with Gasteiger partial charge in [-0.05, 0) is 0 Å². The fraction of sp³-hybridized carbons (Fsp3) is 0.300. The second-order valence-electron chi connectivity index (χ2n) is 3.41. The van der Waals surface area contributed by atoms with Gasteiger partial charge < -0.3 is 5.73 Å². The molecule has 0 aliphatic carbocycles. The summed E-state index contributed by atoms with van der Waals surface area (Å²) in [5.41, 5.74) is 4.89. The van der Waals surface area contributed by atoms with Gasteiger partial charge in [-0.1, -0.05) is 13.8 Å². The maximum absolute atomic E-state index is 13.1. The molecular formula is C10H11F3N2. The lowest BCUT2D eigenvalue weighted by molar-refractivity contribution is 0.546. The first-order chi connectivity index (χ1) is 6.91. The van der Waals surface area contributed by atoms with Gasteiger partial charge in [0.1, 0.15) is 17.3 Å². The van der Waals surface area contributed by atoms with Crippen molar-refractivity contribution in [2.24, 2.45) is 16.6 Å². The molecule has 0 fully saturated rings.